The SMILES string of the molecule is CC[C@@]1(C)OCC(C)(C)[C@@H](C(C)C)O1. The first kappa shape index (κ1) is 12.0. The van der Waals surface area contributed by atoms with E-state index < -0.39 is 0 Å². The molecule has 0 spiro atoms. The first-order valence-corrected chi connectivity index (χ1v) is 5.62. The Morgan fingerprint density at radius 2 is 1.86 bits per heavy atom. The Morgan fingerprint density at radius 1 is 1.29 bits per heavy atom. The summed E-state index contributed by atoms with van der Waals surface area (Å²) in [5, 5.41) is 0. The maximum absolute atomic E-state index is 6.08. The maximum Gasteiger partial charge on any atom is 0.165 e. The molecule has 84 valence electrons. The molecule has 1 aliphatic heterocycles. The van der Waals surface area contributed by atoms with E-state index in [0.717, 1.165) is 13.0 Å². The number of ether oxygens (including phenoxy) is 2. The van der Waals surface area contributed by atoms with Crippen molar-refractivity contribution in [1.82, 2.24) is 0 Å². The third-order valence-corrected chi connectivity index (χ3v) is 3.14. The monoisotopic (exact) mass is 200 g/mol. The lowest BCUT2D eigenvalue weighted by molar-refractivity contribution is -0.329. The lowest BCUT2D eigenvalue weighted by Gasteiger charge is -2.48. The van der Waals surface area contributed by atoms with Gasteiger partial charge in [-0.1, -0.05) is 34.6 Å². The predicted molar refractivity (Wildman–Crippen MR) is 58.1 cm³/mol. The van der Waals surface area contributed by atoms with Gasteiger partial charge in [0.15, 0.2) is 5.79 Å². The summed E-state index contributed by atoms with van der Waals surface area (Å²) in [5.41, 5.74) is 0.128. The molecular formula is C12H24O2. The molecule has 0 N–H and O–H groups in total. The van der Waals surface area contributed by atoms with Crippen molar-refractivity contribution in [3.8, 4) is 0 Å². The van der Waals surface area contributed by atoms with Crippen LogP contribution in [-0.4, -0.2) is 18.5 Å². The molecule has 1 heterocycles. The second-order valence-electron chi connectivity index (χ2n) is 5.55. The molecule has 0 aromatic rings. The smallest absolute Gasteiger partial charge is 0.165 e. The van der Waals surface area contributed by atoms with Crippen LogP contribution in [0.5, 0.6) is 0 Å². The number of hydrogen-bond donors (Lipinski definition) is 0. The van der Waals surface area contributed by atoms with Crippen molar-refractivity contribution in [3.05, 3.63) is 0 Å². The van der Waals surface area contributed by atoms with Gasteiger partial charge in [0, 0.05) is 5.41 Å². The Morgan fingerprint density at radius 3 is 2.29 bits per heavy atom. The van der Waals surface area contributed by atoms with Crippen LogP contribution in [-0.2, 0) is 9.47 Å². The first-order chi connectivity index (χ1) is 6.31. The standard InChI is InChI=1S/C12H24O2/c1-7-12(6)13-8-11(4,5)10(14-12)9(2)3/h9-10H,7-8H2,1-6H3/t10-,12+/m1/s1. The fraction of sp³-hybridized carbons (Fsp3) is 1.00. The normalized spacial score (nSPS) is 37.5. The molecule has 0 amide bonds. The van der Waals surface area contributed by atoms with E-state index in [1.54, 1.807) is 0 Å². The molecule has 1 rings (SSSR count). The molecule has 2 atom stereocenters. The van der Waals surface area contributed by atoms with E-state index >= 15 is 0 Å². The van der Waals surface area contributed by atoms with Gasteiger partial charge in [0.25, 0.3) is 0 Å². The Labute approximate surface area is 88.0 Å². The van der Waals surface area contributed by atoms with Crippen LogP contribution in [0.4, 0.5) is 0 Å². The van der Waals surface area contributed by atoms with Gasteiger partial charge in [-0.25, -0.2) is 0 Å². The van der Waals surface area contributed by atoms with Crippen LogP contribution in [0.1, 0.15) is 48.0 Å². The highest BCUT2D eigenvalue weighted by Gasteiger charge is 2.44. The highest BCUT2D eigenvalue weighted by atomic mass is 16.7. The van der Waals surface area contributed by atoms with E-state index in [9.17, 15) is 0 Å². The Hall–Kier alpha value is -0.0800. The van der Waals surface area contributed by atoms with Crippen molar-refractivity contribution in [3.63, 3.8) is 0 Å². The highest BCUT2D eigenvalue weighted by Crippen LogP contribution is 2.39. The van der Waals surface area contributed by atoms with E-state index in [0.29, 0.717) is 12.0 Å². The summed E-state index contributed by atoms with van der Waals surface area (Å²) in [6.07, 6.45) is 1.20. The Balaban J connectivity index is 2.77. The minimum absolute atomic E-state index is 0.128. The molecule has 0 bridgehead atoms. The molecule has 0 saturated carbocycles. The van der Waals surface area contributed by atoms with Crippen molar-refractivity contribution < 1.29 is 9.47 Å². The van der Waals surface area contributed by atoms with Gasteiger partial charge >= 0.3 is 0 Å². The van der Waals surface area contributed by atoms with Crippen molar-refractivity contribution in [2.24, 2.45) is 11.3 Å². The Kier molecular flexibility index (Phi) is 3.27. The maximum atomic E-state index is 6.08. The molecule has 2 heteroatoms. The average Bonchev–Trinajstić information content (AvgIpc) is 2.09. The summed E-state index contributed by atoms with van der Waals surface area (Å²) < 4.78 is 11.9. The van der Waals surface area contributed by atoms with Gasteiger partial charge in [0.05, 0.1) is 12.7 Å². The van der Waals surface area contributed by atoms with Crippen molar-refractivity contribution in [2.45, 2.75) is 59.9 Å². The van der Waals surface area contributed by atoms with Crippen LogP contribution in [0.3, 0.4) is 0 Å². The van der Waals surface area contributed by atoms with Crippen LogP contribution in [0.2, 0.25) is 0 Å². The molecule has 1 saturated heterocycles. The molecule has 1 aliphatic rings. The van der Waals surface area contributed by atoms with Crippen molar-refractivity contribution in [1.29, 1.82) is 0 Å². The topological polar surface area (TPSA) is 18.5 Å². The van der Waals surface area contributed by atoms with Gasteiger partial charge in [-0.3, -0.25) is 0 Å². The largest absolute Gasteiger partial charge is 0.350 e. The van der Waals surface area contributed by atoms with Crippen LogP contribution >= 0.6 is 0 Å². The number of rotatable bonds is 2. The van der Waals surface area contributed by atoms with Crippen LogP contribution in [0, 0.1) is 11.3 Å². The number of hydrogen-bond acceptors (Lipinski definition) is 2. The quantitative estimate of drug-likeness (QED) is 0.681. The minimum Gasteiger partial charge on any atom is -0.350 e. The summed E-state index contributed by atoms with van der Waals surface area (Å²) >= 11 is 0. The van der Waals surface area contributed by atoms with E-state index in [4.69, 9.17) is 9.47 Å². The average molecular weight is 200 g/mol. The first-order valence-electron chi connectivity index (χ1n) is 5.62. The zero-order valence-corrected chi connectivity index (χ0v) is 10.4. The molecule has 0 aromatic carbocycles. The summed E-state index contributed by atoms with van der Waals surface area (Å²) in [4.78, 5) is 0. The third-order valence-electron chi connectivity index (χ3n) is 3.14. The minimum atomic E-state index is -0.371. The molecule has 0 unspecified atom stereocenters. The van der Waals surface area contributed by atoms with Gasteiger partial charge in [0.1, 0.15) is 0 Å². The fourth-order valence-electron chi connectivity index (χ4n) is 2.11. The van der Waals surface area contributed by atoms with Gasteiger partial charge in [-0.15, -0.1) is 0 Å². The lowest BCUT2D eigenvalue weighted by Crippen LogP contribution is -2.53. The zero-order chi connectivity index (χ0) is 11.0. The summed E-state index contributed by atoms with van der Waals surface area (Å²) in [7, 11) is 0. The predicted octanol–water partition coefficient (Wildman–Crippen LogP) is 3.21. The van der Waals surface area contributed by atoms with Crippen molar-refractivity contribution in [2.75, 3.05) is 6.61 Å². The molecule has 0 aromatic heterocycles. The summed E-state index contributed by atoms with van der Waals surface area (Å²) in [5.74, 6) is 0.171. The molecule has 2 nitrogen and oxygen atoms in total. The fourth-order valence-corrected chi connectivity index (χ4v) is 2.11. The van der Waals surface area contributed by atoms with Gasteiger partial charge in [-0.2, -0.15) is 0 Å². The van der Waals surface area contributed by atoms with Crippen LogP contribution in [0.15, 0.2) is 0 Å². The van der Waals surface area contributed by atoms with Crippen molar-refractivity contribution >= 4 is 0 Å². The van der Waals surface area contributed by atoms with Gasteiger partial charge in [-0.05, 0) is 19.3 Å². The second-order valence-corrected chi connectivity index (χ2v) is 5.55. The van der Waals surface area contributed by atoms with Crippen LogP contribution < -0.4 is 0 Å². The van der Waals surface area contributed by atoms with E-state index in [1.807, 2.05) is 6.92 Å². The van der Waals surface area contributed by atoms with E-state index in [-0.39, 0.29) is 11.2 Å². The Bertz CT molecular complexity index is 198. The highest BCUT2D eigenvalue weighted by molar-refractivity contribution is 4.87. The summed E-state index contributed by atoms with van der Waals surface area (Å²) in [6.45, 7) is 13.8. The van der Waals surface area contributed by atoms with Crippen LogP contribution in [0.25, 0.3) is 0 Å². The van der Waals surface area contributed by atoms with Gasteiger partial charge < -0.3 is 9.47 Å². The van der Waals surface area contributed by atoms with Gasteiger partial charge in [0.2, 0.25) is 0 Å². The molecule has 14 heavy (non-hydrogen) atoms. The molecule has 0 radical (unpaired) electrons. The lowest BCUT2D eigenvalue weighted by atomic mass is 9.80. The van der Waals surface area contributed by atoms with E-state index in [1.165, 1.54) is 0 Å². The molecular weight excluding hydrogens is 176 g/mol. The zero-order valence-electron chi connectivity index (χ0n) is 10.4. The third kappa shape index (κ3) is 2.29. The van der Waals surface area contributed by atoms with E-state index in [2.05, 4.69) is 34.6 Å². The molecule has 0 aliphatic carbocycles. The molecule has 1 fully saturated rings. The second kappa shape index (κ2) is 3.82. The summed E-state index contributed by atoms with van der Waals surface area (Å²) in [6, 6.07) is 0.